The Morgan fingerprint density at radius 1 is 1.16 bits per heavy atom. The number of anilines is 1. The summed E-state index contributed by atoms with van der Waals surface area (Å²) in [5, 5.41) is 5.93. The Morgan fingerprint density at radius 2 is 1.96 bits per heavy atom. The van der Waals surface area contributed by atoms with Gasteiger partial charge in [-0.3, -0.25) is 4.90 Å². The Bertz CT molecular complexity index is 556. The van der Waals surface area contributed by atoms with Gasteiger partial charge in [-0.1, -0.05) is 18.6 Å². The Labute approximate surface area is 151 Å². The van der Waals surface area contributed by atoms with Crippen LogP contribution in [0.1, 0.15) is 44.6 Å². The molecule has 2 aliphatic rings. The number of carbonyl (C=O) groups is 1. The SMILES string of the molecule is CC1CCCCN1Cc1cccc(NC(=O)NCCN2CCCC2)c1. The van der Waals surface area contributed by atoms with Gasteiger partial charge in [-0.05, 0) is 69.9 Å². The van der Waals surface area contributed by atoms with Crippen LogP contribution in [0.3, 0.4) is 0 Å². The first-order chi connectivity index (χ1) is 12.2. The third kappa shape index (κ3) is 5.72. The molecular formula is C20H32N4O. The largest absolute Gasteiger partial charge is 0.337 e. The number of likely N-dealkylation sites (tertiary alicyclic amines) is 2. The predicted octanol–water partition coefficient (Wildman–Crippen LogP) is 3.28. The van der Waals surface area contributed by atoms with Crippen molar-refractivity contribution in [3.8, 4) is 0 Å². The number of nitrogens with zero attached hydrogens (tertiary/aromatic N) is 2. The fourth-order valence-electron chi connectivity index (χ4n) is 3.88. The van der Waals surface area contributed by atoms with Crippen LogP contribution in [0.5, 0.6) is 0 Å². The van der Waals surface area contributed by atoms with E-state index in [2.05, 4.69) is 39.5 Å². The highest BCUT2D eigenvalue weighted by molar-refractivity contribution is 5.89. The average Bonchev–Trinajstić information content (AvgIpc) is 3.11. The van der Waals surface area contributed by atoms with Crippen LogP contribution < -0.4 is 10.6 Å². The highest BCUT2D eigenvalue weighted by Crippen LogP contribution is 2.20. The number of nitrogens with one attached hydrogen (secondary N) is 2. The van der Waals surface area contributed by atoms with Crippen molar-refractivity contribution in [3.63, 3.8) is 0 Å². The molecule has 0 aliphatic carbocycles. The maximum absolute atomic E-state index is 12.1. The lowest BCUT2D eigenvalue weighted by molar-refractivity contribution is 0.152. The van der Waals surface area contributed by atoms with E-state index in [1.807, 2.05) is 12.1 Å². The minimum atomic E-state index is -0.109. The van der Waals surface area contributed by atoms with Crippen LogP contribution in [0.25, 0.3) is 0 Å². The molecule has 0 aromatic heterocycles. The number of carbonyl (C=O) groups excluding carboxylic acids is 1. The molecule has 2 heterocycles. The number of urea groups is 1. The van der Waals surface area contributed by atoms with E-state index in [-0.39, 0.29) is 6.03 Å². The molecule has 2 aliphatic heterocycles. The minimum Gasteiger partial charge on any atom is -0.337 e. The van der Waals surface area contributed by atoms with E-state index in [0.717, 1.165) is 18.8 Å². The number of amides is 2. The molecule has 0 spiro atoms. The van der Waals surface area contributed by atoms with Gasteiger partial charge in [0.15, 0.2) is 0 Å². The number of benzene rings is 1. The van der Waals surface area contributed by atoms with Gasteiger partial charge in [-0.15, -0.1) is 0 Å². The smallest absolute Gasteiger partial charge is 0.319 e. The van der Waals surface area contributed by atoms with Crippen LogP contribution in [-0.2, 0) is 6.54 Å². The Hall–Kier alpha value is -1.59. The van der Waals surface area contributed by atoms with Crippen molar-refractivity contribution < 1.29 is 4.79 Å². The van der Waals surface area contributed by atoms with Crippen molar-refractivity contribution in [2.24, 2.45) is 0 Å². The molecule has 138 valence electrons. The molecule has 2 N–H and O–H groups in total. The molecule has 1 atom stereocenters. The topological polar surface area (TPSA) is 47.6 Å². The second-order valence-electron chi connectivity index (χ2n) is 7.45. The summed E-state index contributed by atoms with van der Waals surface area (Å²) in [5.74, 6) is 0. The molecule has 1 aromatic carbocycles. The molecule has 1 unspecified atom stereocenters. The molecule has 2 fully saturated rings. The van der Waals surface area contributed by atoms with Gasteiger partial charge in [-0.2, -0.15) is 0 Å². The molecule has 0 radical (unpaired) electrons. The maximum Gasteiger partial charge on any atom is 0.319 e. The highest BCUT2D eigenvalue weighted by Gasteiger charge is 2.18. The number of hydrogen-bond donors (Lipinski definition) is 2. The van der Waals surface area contributed by atoms with Gasteiger partial charge in [0.25, 0.3) is 0 Å². The van der Waals surface area contributed by atoms with Crippen LogP contribution >= 0.6 is 0 Å². The van der Waals surface area contributed by atoms with Gasteiger partial charge in [0.2, 0.25) is 0 Å². The third-order valence-electron chi connectivity index (χ3n) is 5.42. The summed E-state index contributed by atoms with van der Waals surface area (Å²) >= 11 is 0. The molecule has 25 heavy (non-hydrogen) atoms. The van der Waals surface area contributed by atoms with E-state index >= 15 is 0 Å². The summed E-state index contributed by atoms with van der Waals surface area (Å²) in [5.41, 5.74) is 2.14. The second-order valence-corrected chi connectivity index (χ2v) is 7.45. The maximum atomic E-state index is 12.1. The van der Waals surface area contributed by atoms with E-state index in [1.165, 1.54) is 57.3 Å². The zero-order valence-corrected chi connectivity index (χ0v) is 15.5. The summed E-state index contributed by atoms with van der Waals surface area (Å²) in [6.07, 6.45) is 6.50. The van der Waals surface area contributed by atoms with E-state index in [0.29, 0.717) is 12.6 Å². The van der Waals surface area contributed by atoms with Crippen molar-refractivity contribution >= 4 is 11.7 Å². The first-order valence-corrected chi connectivity index (χ1v) is 9.81. The second kappa shape index (κ2) is 9.20. The lowest BCUT2D eigenvalue weighted by Crippen LogP contribution is -2.37. The van der Waals surface area contributed by atoms with Gasteiger partial charge >= 0.3 is 6.03 Å². The summed E-state index contributed by atoms with van der Waals surface area (Å²) in [6, 6.07) is 8.79. The van der Waals surface area contributed by atoms with Crippen molar-refractivity contribution in [1.29, 1.82) is 0 Å². The van der Waals surface area contributed by atoms with Crippen LogP contribution in [0, 0.1) is 0 Å². The fourth-order valence-corrected chi connectivity index (χ4v) is 3.88. The summed E-state index contributed by atoms with van der Waals surface area (Å²) < 4.78 is 0. The van der Waals surface area contributed by atoms with Crippen molar-refractivity contribution in [2.75, 3.05) is 38.0 Å². The molecule has 5 nitrogen and oxygen atoms in total. The number of piperidine rings is 1. The summed E-state index contributed by atoms with van der Waals surface area (Å²) in [6.45, 7) is 8.44. The molecule has 2 amide bonds. The molecule has 2 saturated heterocycles. The molecule has 5 heteroatoms. The molecule has 1 aromatic rings. The van der Waals surface area contributed by atoms with Gasteiger partial charge in [-0.25, -0.2) is 4.79 Å². The molecule has 0 saturated carbocycles. The summed E-state index contributed by atoms with van der Waals surface area (Å²) in [7, 11) is 0. The first kappa shape index (κ1) is 18.2. The number of rotatable bonds is 6. The van der Waals surface area contributed by atoms with Gasteiger partial charge < -0.3 is 15.5 Å². The Morgan fingerprint density at radius 3 is 2.76 bits per heavy atom. The van der Waals surface area contributed by atoms with Crippen molar-refractivity contribution in [1.82, 2.24) is 15.1 Å². The van der Waals surface area contributed by atoms with Crippen LogP contribution in [0.2, 0.25) is 0 Å². The quantitative estimate of drug-likeness (QED) is 0.832. The van der Waals surface area contributed by atoms with Gasteiger partial charge in [0.1, 0.15) is 0 Å². The first-order valence-electron chi connectivity index (χ1n) is 9.81. The standard InChI is InChI=1S/C20H32N4O/c1-17-7-2-3-13-24(17)16-18-8-6-9-19(15-18)22-20(25)21-10-14-23-11-4-5-12-23/h6,8-9,15,17H,2-5,7,10-14,16H2,1H3,(H2,21,22,25). The van der Waals surface area contributed by atoms with E-state index in [4.69, 9.17) is 0 Å². The van der Waals surface area contributed by atoms with Crippen molar-refractivity contribution in [2.45, 2.75) is 51.6 Å². The fraction of sp³-hybridized carbons (Fsp3) is 0.650. The van der Waals surface area contributed by atoms with Crippen LogP contribution in [-0.4, -0.2) is 54.6 Å². The van der Waals surface area contributed by atoms with Crippen LogP contribution in [0.15, 0.2) is 24.3 Å². The zero-order chi connectivity index (χ0) is 17.5. The lowest BCUT2D eigenvalue weighted by atomic mass is 10.0. The van der Waals surface area contributed by atoms with Crippen molar-refractivity contribution in [3.05, 3.63) is 29.8 Å². The van der Waals surface area contributed by atoms with Gasteiger partial charge in [0, 0.05) is 31.4 Å². The van der Waals surface area contributed by atoms with E-state index in [1.54, 1.807) is 0 Å². The Kier molecular flexibility index (Phi) is 6.70. The van der Waals surface area contributed by atoms with E-state index in [9.17, 15) is 4.79 Å². The molecule has 3 rings (SSSR count). The number of hydrogen-bond acceptors (Lipinski definition) is 3. The molecule has 0 bridgehead atoms. The molecular weight excluding hydrogens is 312 g/mol. The zero-order valence-electron chi connectivity index (χ0n) is 15.5. The normalized spacial score (nSPS) is 22.0. The minimum absolute atomic E-state index is 0.109. The monoisotopic (exact) mass is 344 g/mol. The Balaban J connectivity index is 1.44. The predicted molar refractivity (Wildman–Crippen MR) is 103 cm³/mol. The van der Waals surface area contributed by atoms with E-state index < -0.39 is 0 Å². The average molecular weight is 345 g/mol. The highest BCUT2D eigenvalue weighted by atomic mass is 16.2. The third-order valence-corrected chi connectivity index (χ3v) is 5.42. The summed E-state index contributed by atoms with van der Waals surface area (Å²) in [4.78, 5) is 17.0. The van der Waals surface area contributed by atoms with Gasteiger partial charge in [0.05, 0.1) is 0 Å². The van der Waals surface area contributed by atoms with Crippen LogP contribution in [0.4, 0.5) is 10.5 Å². The lowest BCUT2D eigenvalue weighted by Gasteiger charge is -2.33.